The zero-order valence-electron chi connectivity index (χ0n) is 11.3. The third-order valence-corrected chi connectivity index (χ3v) is 3.78. The van der Waals surface area contributed by atoms with Crippen LogP contribution in [0.3, 0.4) is 0 Å². The topological polar surface area (TPSA) is 51.8 Å². The number of nitrogens with two attached hydrogens (primary N) is 1. The predicted molar refractivity (Wildman–Crippen MR) is 75.8 cm³/mol. The van der Waals surface area contributed by atoms with Gasteiger partial charge < -0.3 is 5.73 Å². The number of aromatic nitrogens is 2. The number of hydrogen-bond donors (Lipinski definition) is 1. The molecule has 18 heavy (non-hydrogen) atoms. The molecule has 0 fully saturated rings. The summed E-state index contributed by atoms with van der Waals surface area (Å²) in [5.74, 6) is 0. The minimum Gasteiger partial charge on any atom is -0.318 e. The van der Waals surface area contributed by atoms with Gasteiger partial charge in [-0.2, -0.15) is 0 Å². The molecule has 4 heteroatoms. The summed E-state index contributed by atoms with van der Waals surface area (Å²) >= 11 is 1.62. The standard InChI is InChI=1S/C14H19N3S/c1-9-5-6-10(7-16-9)12(15)13-17-11(8-18-13)14(2,3)4/h5-8,12H,15H2,1-4H3. The van der Waals surface area contributed by atoms with Crippen molar-refractivity contribution in [3.05, 3.63) is 45.7 Å². The molecule has 1 unspecified atom stereocenters. The van der Waals surface area contributed by atoms with E-state index in [1.165, 1.54) is 0 Å². The van der Waals surface area contributed by atoms with Gasteiger partial charge in [-0.1, -0.05) is 26.8 Å². The first kappa shape index (κ1) is 13.2. The molecule has 0 bridgehead atoms. The van der Waals surface area contributed by atoms with Crippen LogP contribution in [0.25, 0.3) is 0 Å². The smallest absolute Gasteiger partial charge is 0.114 e. The minimum atomic E-state index is -0.181. The Morgan fingerprint density at radius 2 is 2.00 bits per heavy atom. The molecule has 2 aromatic heterocycles. The molecule has 0 aliphatic heterocycles. The molecule has 0 saturated carbocycles. The highest BCUT2D eigenvalue weighted by atomic mass is 32.1. The quantitative estimate of drug-likeness (QED) is 0.903. The lowest BCUT2D eigenvalue weighted by Crippen LogP contribution is -2.15. The Morgan fingerprint density at radius 3 is 2.50 bits per heavy atom. The van der Waals surface area contributed by atoms with E-state index in [0.29, 0.717) is 0 Å². The van der Waals surface area contributed by atoms with Crippen LogP contribution in [-0.4, -0.2) is 9.97 Å². The number of rotatable bonds is 2. The number of aryl methyl sites for hydroxylation is 1. The largest absolute Gasteiger partial charge is 0.318 e. The van der Waals surface area contributed by atoms with Gasteiger partial charge >= 0.3 is 0 Å². The fraction of sp³-hybridized carbons (Fsp3) is 0.429. The predicted octanol–water partition coefficient (Wildman–Crippen LogP) is 3.19. The summed E-state index contributed by atoms with van der Waals surface area (Å²) in [6, 6.07) is 3.82. The van der Waals surface area contributed by atoms with Crippen LogP contribution in [0.2, 0.25) is 0 Å². The fourth-order valence-corrected chi connectivity index (χ4v) is 2.65. The average molecular weight is 261 g/mol. The Morgan fingerprint density at radius 1 is 1.28 bits per heavy atom. The summed E-state index contributed by atoms with van der Waals surface area (Å²) in [6.45, 7) is 8.44. The first-order valence-corrected chi connectivity index (χ1v) is 6.90. The van der Waals surface area contributed by atoms with Crippen molar-refractivity contribution in [3.63, 3.8) is 0 Å². The molecular formula is C14H19N3S. The monoisotopic (exact) mass is 261 g/mol. The molecule has 0 amide bonds. The molecule has 2 heterocycles. The van der Waals surface area contributed by atoms with Gasteiger partial charge in [-0.05, 0) is 18.6 Å². The molecule has 0 spiro atoms. The molecule has 0 aliphatic rings. The second-order valence-corrected chi connectivity index (χ2v) is 6.42. The molecule has 1 atom stereocenters. The van der Waals surface area contributed by atoms with E-state index >= 15 is 0 Å². The van der Waals surface area contributed by atoms with Crippen LogP contribution in [0.1, 0.15) is 48.8 Å². The van der Waals surface area contributed by atoms with Gasteiger partial charge in [0.1, 0.15) is 5.01 Å². The van der Waals surface area contributed by atoms with E-state index in [-0.39, 0.29) is 11.5 Å². The van der Waals surface area contributed by atoms with E-state index in [0.717, 1.165) is 22.0 Å². The first-order chi connectivity index (χ1) is 8.38. The maximum Gasteiger partial charge on any atom is 0.114 e. The van der Waals surface area contributed by atoms with Gasteiger partial charge in [0, 0.05) is 22.7 Å². The van der Waals surface area contributed by atoms with Crippen molar-refractivity contribution in [1.29, 1.82) is 0 Å². The molecule has 2 rings (SSSR count). The number of thiazole rings is 1. The van der Waals surface area contributed by atoms with E-state index < -0.39 is 0 Å². The summed E-state index contributed by atoms with van der Waals surface area (Å²) in [6.07, 6.45) is 1.83. The number of pyridine rings is 1. The van der Waals surface area contributed by atoms with Crippen LogP contribution in [0, 0.1) is 6.92 Å². The van der Waals surface area contributed by atoms with E-state index in [9.17, 15) is 0 Å². The van der Waals surface area contributed by atoms with Gasteiger partial charge in [-0.3, -0.25) is 4.98 Å². The summed E-state index contributed by atoms with van der Waals surface area (Å²) in [5.41, 5.74) is 9.41. The van der Waals surface area contributed by atoms with Gasteiger partial charge in [0.25, 0.3) is 0 Å². The molecule has 3 nitrogen and oxygen atoms in total. The highest BCUT2D eigenvalue weighted by molar-refractivity contribution is 7.09. The molecule has 2 N–H and O–H groups in total. The highest BCUT2D eigenvalue weighted by Crippen LogP contribution is 2.28. The summed E-state index contributed by atoms with van der Waals surface area (Å²) in [4.78, 5) is 8.92. The van der Waals surface area contributed by atoms with Gasteiger partial charge in [-0.25, -0.2) is 4.98 Å². The number of nitrogens with zero attached hydrogens (tertiary/aromatic N) is 2. The third kappa shape index (κ3) is 2.76. The van der Waals surface area contributed by atoms with Crippen LogP contribution in [-0.2, 0) is 5.41 Å². The van der Waals surface area contributed by atoms with Crippen molar-refractivity contribution in [3.8, 4) is 0 Å². The van der Waals surface area contributed by atoms with Crippen LogP contribution in [0.5, 0.6) is 0 Å². The Labute approximate surface area is 112 Å². The van der Waals surface area contributed by atoms with E-state index in [4.69, 9.17) is 5.73 Å². The highest BCUT2D eigenvalue weighted by Gasteiger charge is 2.20. The third-order valence-electron chi connectivity index (χ3n) is 2.85. The van der Waals surface area contributed by atoms with Crippen molar-refractivity contribution in [2.75, 3.05) is 0 Å². The molecular weight excluding hydrogens is 242 g/mol. The molecule has 0 saturated heterocycles. The van der Waals surface area contributed by atoms with E-state index in [1.807, 2.05) is 25.3 Å². The summed E-state index contributed by atoms with van der Waals surface area (Å²) in [5, 5.41) is 3.04. The van der Waals surface area contributed by atoms with E-state index in [2.05, 4.69) is 36.1 Å². The minimum absolute atomic E-state index is 0.0694. The van der Waals surface area contributed by atoms with Crippen LogP contribution in [0.15, 0.2) is 23.7 Å². The molecule has 96 valence electrons. The van der Waals surface area contributed by atoms with Crippen LogP contribution in [0.4, 0.5) is 0 Å². The summed E-state index contributed by atoms with van der Waals surface area (Å²) < 4.78 is 0. The lowest BCUT2D eigenvalue weighted by Gasteiger charge is -2.15. The van der Waals surface area contributed by atoms with Gasteiger partial charge in [0.15, 0.2) is 0 Å². The maximum atomic E-state index is 6.23. The van der Waals surface area contributed by atoms with Gasteiger partial charge in [0.2, 0.25) is 0 Å². The molecule has 0 aliphatic carbocycles. The normalized spacial score (nSPS) is 13.6. The lowest BCUT2D eigenvalue weighted by molar-refractivity contribution is 0.569. The lowest BCUT2D eigenvalue weighted by atomic mass is 9.93. The van der Waals surface area contributed by atoms with Crippen LogP contribution >= 0.6 is 11.3 Å². The number of hydrogen-bond acceptors (Lipinski definition) is 4. The van der Waals surface area contributed by atoms with Crippen molar-refractivity contribution in [2.24, 2.45) is 5.73 Å². The van der Waals surface area contributed by atoms with Crippen molar-refractivity contribution in [2.45, 2.75) is 39.2 Å². The van der Waals surface area contributed by atoms with Crippen molar-refractivity contribution >= 4 is 11.3 Å². The summed E-state index contributed by atoms with van der Waals surface area (Å²) in [7, 11) is 0. The average Bonchev–Trinajstić information content (AvgIpc) is 2.78. The van der Waals surface area contributed by atoms with Gasteiger partial charge in [0.05, 0.1) is 11.7 Å². The first-order valence-electron chi connectivity index (χ1n) is 6.02. The molecule has 0 radical (unpaired) electrons. The Bertz CT molecular complexity index is 523. The zero-order chi connectivity index (χ0) is 13.3. The molecule has 0 aromatic carbocycles. The SMILES string of the molecule is Cc1ccc(C(N)c2nc(C(C)(C)C)cs2)cn1. The van der Waals surface area contributed by atoms with E-state index in [1.54, 1.807) is 11.3 Å². The Balaban J connectivity index is 2.26. The van der Waals surface area contributed by atoms with Gasteiger partial charge in [-0.15, -0.1) is 11.3 Å². The molecule has 2 aromatic rings. The maximum absolute atomic E-state index is 6.23. The van der Waals surface area contributed by atoms with Crippen molar-refractivity contribution in [1.82, 2.24) is 9.97 Å². The second-order valence-electron chi connectivity index (χ2n) is 5.53. The fourth-order valence-electron chi connectivity index (χ4n) is 1.58. The Kier molecular flexibility index (Phi) is 3.50. The Hall–Kier alpha value is -1.26. The second kappa shape index (κ2) is 4.78. The van der Waals surface area contributed by atoms with Crippen molar-refractivity contribution < 1.29 is 0 Å². The van der Waals surface area contributed by atoms with Crippen LogP contribution < -0.4 is 5.73 Å². The zero-order valence-corrected chi connectivity index (χ0v) is 12.1.